The lowest BCUT2D eigenvalue weighted by molar-refractivity contribution is -0.232. The van der Waals surface area contributed by atoms with Gasteiger partial charge in [-0.1, -0.05) is 105 Å². The molecule has 8 aliphatic heterocycles. The molecule has 1 aliphatic carbocycles. The maximum Gasteiger partial charge on any atom is 0.230 e. The zero-order valence-corrected chi connectivity index (χ0v) is 72.9. The average molecular weight is 1820 g/mol. The van der Waals surface area contributed by atoms with Crippen LogP contribution in [0.15, 0.2) is 24.3 Å². The fourth-order valence-corrected chi connectivity index (χ4v) is 19.0. The van der Waals surface area contributed by atoms with Gasteiger partial charge in [-0.05, 0) is 98.8 Å². The van der Waals surface area contributed by atoms with Crippen LogP contribution in [0.25, 0.3) is 0 Å². The number of thiocarbonyl (C=S) groups is 4. The van der Waals surface area contributed by atoms with E-state index in [2.05, 4.69) is 94.5 Å². The van der Waals surface area contributed by atoms with Crippen molar-refractivity contribution in [3.8, 4) is 46.0 Å². The molecular weight excluding hydrogens is 1700 g/mol. The van der Waals surface area contributed by atoms with E-state index in [1.165, 1.54) is 0 Å². The molecule has 4 aromatic carbocycles. The normalized spacial score (nSPS) is 30.6. The van der Waals surface area contributed by atoms with Crippen LogP contribution in [-0.4, -0.2) is 278 Å². The summed E-state index contributed by atoms with van der Waals surface area (Å²) in [5.41, 5.74) is 7.39. The van der Waals surface area contributed by atoms with E-state index in [0.717, 1.165) is 51.4 Å². The topological polar surface area (TPSA) is 531 Å². The van der Waals surface area contributed by atoms with E-state index in [1.807, 2.05) is 0 Å². The molecule has 0 unspecified atom stereocenters. The Bertz CT molecular complexity index is 3700. The molecule has 20 atom stereocenters. The molecule has 40 heteroatoms. The van der Waals surface area contributed by atoms with Crippen molar-refractivity contribution in [2.45, 2.75) is 303 Å². The molecule has 0 spiro atoms. The first kappa shape index (κ1) is 94.8. The molecule has 4 aromatic rings. The van der Waals surface area contributed by atoms with Crippen molar-refractivity contribution in [2.24, 2.45) is 0 Å². The van der Waals surface area contributed by atoms with E-state index in [4.69, 9.17) is 106 Å². The molecule has 4 saturated heterocycles. The third-order valence-electron chi connectivity index (χ3n) is 24.9. The van der Waals surface area contributed by atoms with Gasteiger partial charge in [0, 0.05) is 94.4 Å². The number of hydrogen-bond donors (Lipinski definition) is 24. The van der Waals surface area contributed by atoms with Gasteiger partial charge in [0.25, 0.3) is 0 Å². The zero-order chi connectivity index (χ0) is 88.5. The number of aliphatic hydroxyl groups is 16. The van der Waals surface area contributed by atoms with E-state index in [0.29, 0.717) is 164 Å². The second-order valence-electron chi connectivity index (χ2n) is 32.9. The predicted octanol–water partition coefficient (Wildman–Crippen LogP) is 0.820. The summed E-state index contributed by atoms with van der Waals surface area (Å²) in [5, 5.41) is 199. The third-order valence-corrected chi connectivity index (χ3v) is 26.0. The van der Waals surface area contributed by atoms with Crippen molar-refractivity contribution < 1.29 is 139 Å². The van der Waals surface area contributed by atoms with Crippen molar-refractivity contribution >= 4 is 69.3 Å². The van der Waals surface area contributed by atoms with Gasteiger partial charge in [-0.3, -0.25) is 0 Å². The minimum atomic E-state index is -1.74. The average Bonchev–Trinajstić information content (AvgIpc) is 0.718. The van der Waals surface area contributed by atoms with E-state index < -0.39 is 200 Å². The lowest BCUT2D eigenvalue weighted by Crippen LogP contribution is -2.63. The van der Waals surface area contributed by atoms with Crippen LogP contribution < -0.4 is 80.4 Å². The number of nitrogens with one attached hydrogen (secondary N) is 8. The van der Waals surface area contributed by atoms with E-state index in [-0.39, 0.29) is 46.6 Å². The monoisotopic (exact) mass is 1820 g/mol. The Morgan fingerprint density at radius 3 is 0.613 bits per heavy atom. The standard InChI is InChI=1S/C84H120N8O28S4/c1-5-9-13-17-37-41-21-43-38(18-14-10-6-2)45-23-47-40(20-16-12-8-4)48-24-46-39(19-15-11-7-3)44-22-42(37)70-50(26-86-82(122)90-78-66(106)62(102)58(98)54(30-94)118-78)72(44)112-35-114-74(46)52(28-88-84(124)92-80-68(108)64(104)60(100)56(32-96)120-80)76(48)116-36-115-75(47)51(27-87-83(123)91-79-67(107)63(103)59(99)55(31-95)119-79)73(45)113-34-111-71(43)49(69(41)109-33-110-70)25-85-81(121)89-77-65(105)61(101)57(97)53(29-93)117-77/h21-24,37-40,53-68,77-80,93-108H,5-20,25-36H2,1-4H3,(H2,85,89,121)(H2,86,90,122)(H2,87,91,123)(H2,88,92,124)/t37?,38?,39?,40?,53-,54-,55-,56-,57-,58-,59-,60-,61+,62+,63+,64+,65-,66-,67-,68-,77-,78-,79-,80-/m1/s1. The van der Waals surface area contributed by atoms with Gasteiger partial charge in [0.05, 0.1) is 48.7 Å². The Balaban J connectivity index is 1.09. The predicted molar refractivity (Wildman–Crippen MR) is 460 cm³/mol. The van der Waals surface area contributed by atoms with Gasteiger partial charge in [-0.25, -0.2) is 0 Å². The molecule has 0 aromatic heterocycles. The van der Waals surface area contributed by atoms with Crippen LogP contribution in [-0.2, 0) is 45.1 Å². The van der Waals surface area contributed by atoms with Crippen LogP contribution in [0.1, 0.15) is 221 Å². The maximum absolute atomic E-state index is 11.4. The summed E-state index contributed by atoms with van der Waals surface area (Å²) in [7, 11) is 0. The summed E-state index contributed by atoms with van der Waals surface area (Å²) < 4.78 is 81.2. The van der Waals surface area contributed by atoms with Gasteiger partial charge < -0.3 is 181 Å². The summed E-state index contributed by atoms with van der Waals surface area (Å²) in [6, 6.07) is 8.63. The van der Waals surface area contributed by atoms with Gasteiger partial charge >= 0.3 is 0 Å². The molecule has 8 heterocycles. The second kappa shape index (κ2) is 43.1. The minimum Gasteiger partial charge on any atom is -0.457 e. The minimum absolute atomic E-state index is 0.0852. The van der Waals surface area contributed by atoms with Gasteiger partial charge in [-0.15, -0.1) is 0 Å². The molecule has 24 N–H and O–H groups in total. The Labute approximate surface area is 739 Å². The highest BCUT2D eigenvalue weighted by molar-refractivity contribution is 7.80. The summed E-state index contributed by atoms with van der Waals surface area (Å²) in [6.45, 7) is 3.10. The molecular formula is C84H120N8O28S4. The van der Waals surface area contributed by atoms with Crippen LogP contribution in [0.5, 0.6) is 46.0 Å². The smallest absolute Gasteiger partial charge is 0.230 e. The molecule has 124 heavy (non-hydrogen) atoms. The van der Waals surface area contributed by atoms with Crippen molar-refractivity contribution in [1.82, 2.24) is 42.5 Å². The van der Waals surface area contributed by atoms with Crippen molar-refractivity contribution in [3.05, 3.63) is 91.0 Å². The molecule has 9 aliphatic rings. The Morgan fingerprint density at radius 1 is 0.274 bits per heavy atom. The van der Waals surface area contributed by atoms with Crippen LogP contribution >= 0.6 is 48.9 Å². The number of unbranched alkanes of at least 4 members (excludes halogenated alkanes) is 8. The largest absolute Gasteiger partial charge is 0.457 e. The van der Waals surface area contributed by atoms with Crippen LogP contribution in [0, 0.1) is 0 Å². The van der Waals surface area contributed by atoms with Gasteiger partial charge in [-0.2, -0.15) is 0 Å². The second-order valence-corrected chi connectivity index (χ2v) is 34.5. The van der Waals surface area contributed by atoms with Crippen molar-refractivity contribution in [2.75, 3.05) is 53.6 Å². The third kappa shape index (κ3) is 20.1. The highest BCUT2D eigenvalue weighted by Crippen LogP contribution is 2.59. The lowest BCUT2D eigenvalue weighted by atomic mass is 9.74. The van der Waals surface area contributed by atoms with Gasteiger partial charge in [0.1, 0.15) is 144 Å². The molecule has 688 valence electrons. The first-order chi connectivity index (χ1) is 59.8. The van der Waals surface area contributed by atoms with Gasteiger partial charge in [0.15, 0.2) is 45.4 Å². The Hall–Kier alpha value is -6.76. The molecule has 13 rings (SSSR count). The first-order valence-corrected chi connectivity index (χ1v) is 44.7. The quantitative estimate of drug-likeness (QED) is 0.0238. The van der Waals surface area contributed by atoms with Crippen LogP contribution in [0.4, 0.5) is 0 Å². The number of rotatable bonds is 32. The summed E-state index contributed by atoms with van der Waals surface area (Å²) in [6.07, 6.45) is -20.5. The summed E-state index contributed by atoms with van der Waals surface area (Å²) in [4.78, 5) is 0. The Kier molecular flexibility index (Phi) is 33.0. The fourth-order valence-electron chi connectivity index (χ4n) is 18.3. The molecule has 8 bridgehead atoms. The zero-order valence-electron chi connectivity index (χ0n) is 69.7. The van der Waals surface area contributed by atoms with Crippen LogP contribution in [0.2, 0.25) is 0 Å². The van der Waals surface area contributed by atoms with E-state index in [1.54, 1.807) is 0 Å². The van der Waals surface area contributed by atoms with E-state index in [9.17, 15) is 81.7 Å². The molecule has 0 saturated carbocycles. The summed E-state index contributed by atoms with van der Waals surface area (Å²) >= 11 is 24.2. The van der Waals surface area contributed by atoms with Crippen molar-refractivity contribution in [1.29, 1.82) is 0 Å². The highest BCUT2D eigenvalue weighted by atomic mass is 32.1. The number of aliphatic hydroxyl groups excluding tert-OH is 16. The van der Waals surface area contributed by atoms with E-state index >= 15 is 0 Å². The number of ether oxygens (including phenoxy) is 12. The Morgan fingerprint density at radius 2 is 0.452 bits per heavy atom. The molecule has 4 fully saturated rings. The van der Waals surface area contributed by atoms with Gasteiger partial charge in [0.2, 0.25) is 27.2 Å². The molecule has 0 amide bonds. The maximum atomic E-state index is 11.4. The number of benzene rings is 4. The SMILES string of the molecule is CCCCCC1c2cc3c4c(CNC(=S)N[C@@H]5O[C@H](CO)[C@@H](O)[C@H](O)[C@H]5O)c2OCOc2c1cc1c(c2CNC(=S)N[C@@H]2O[C@H](CO)[C@@H](O)[C@H](O)[C@H]2O)OCOc2c(cc5c(c2CNC(=S)N[C@@H]2O[C@H](CO)[C@@H](O)[C@H](O)[C@H]2O)OCOc2c(cc(c(c2CNC(=S)N[C@@H]2O[C@H](CO)[C@@H](O)[C@H](O)[C@H]2O)OCO4)C3CCCCC)C5CCCCC)C1CCCCC. The fraction of sp³-hybridized carbons (Fsp3) is 0.667. The van der Waals surface area contributed by atoms with Crippen LogP contribution in [0.3, 0.4) is 0 Å². The van der Waals surface area contributed by atoms with Crippen molar-refractivity contribution in [3.63, 3.8) is 0 Å². The highest BCUT2D eigenvalue weighted by Gasteiger charge is 2.50. The number of hydrogen-bond acceptors (Lipinski definition) is 32. The molecule has 0 radical (unpaired) electrons. The first-order valence-electron chi connectivity index (χ1n) is 43.0. The molecule has 36 nitrogen and oxygen atoms in total. The summed E-state index contributed by atoms with van der Waals surface area (Å²) in [5.74, 6) is 0.0989. The lowest BCUT2D eigenvalue weighted by Gasteiger charge is -2.40.